The number of fused-ring (bicyclic) bond motifs is 1. The second-order valence-electron chi connectivity index (χ2n) is 7.03. The lowest BCUT2D eigenvalue weighted by Crippen LogP contribution is -2.49. The Morgan fingerprint density at radius 3 is 2.72 bits per heavy atom. The molecule has 0 N–H and O–H groups in total. The van der Waals surface area contributed by atoms with Crippen molar-refractivity contribution in [3.8, 4) is 0 Å². The standard InChI is InChI=1S/C20H25N3O2/c24-20(6-11-22-10-3-9-21-22)23-15-18-5-2-1-4-17(18)14-19(23)16-7-12-25-13-8-16/h1-5,9-10,16,19H,6-8,11-15H2/t19-/m0/s1. The highest BCUT2D eigenvalue weighted by atomic mass is 16.5. The Morgan fingerprint density at radius 2 is 1.96 bits per heavy atom. The Bertz CT molecular complexity index is 707. The van der Waals surface area contributed by atoms with Crippen molar-refractivity contribution in [3.63, 3.8) is 0 Å². The van der Waals surface area contributed by atoms with E-state index in [1.54, 1.807) is 6.20 Å². The SMILES string of the molecule is O=C(CCn1cccn1)N1Cc2ccccc2C[C@H]1C1CCOCC1. The zero-order valence-corrected chi connectivity index (χ0v) is 14.5. The average Bonchev–Trinajstić information content (AvgIpc) is 3.19. The largest absolute Gasteiger partial charge is 0.381 e. The van der Waals surface area contributed by atoms with Crippen LogP contribution in [0.5, 0.6) is 0 Å². The number of carbonyl (C=O) groups excluding carboxylic acids is 1. The van der Waals surface area contributed by atoms with Gasteiger partial charge in [-0.1, -0.05) is 24.3 Å². The molecule has 1 amide bonds. The number of aromatic nitrogens is 2. The Labute approximate surface area is 148 Å². The maximum Gasteiger partial charge on any atom is 0.225 e. The molecule has 2 aromatic rings. The molecule has 0 bridgehead atoms. The van der Waals surface area contributed by atoms with Crippen LogP contribution in [0.25, 0.3) is 0 Å². The van der Waals surface area contributed by atoms with Gasteiger partial charge in [-0.25, -0.2) is 0 Å². The van der Waals surface area contributed by atoms with Gasteiger partial charge in [0.15, 0.2) is 0 Å². The van der Waals surface area contributed by atoms with Gasteiger partial charge in [0.25, 0.3) is 0 Å². The van der Waals surface area contributed by atoms with Gasteiger partial charge in [0.05, 0.1) is 0 Å². The summed E-state index contributed by atoms with van der Waals surface area (Å²) in [5, 5.41) is 4.21. The van der Waals surface area contributed by atoms with Crippen molar-refractivity contribution in [1.82, 2.24) is 14.7 Å². The molecule has 3 heterocycles. The molecule has 2 aliphatic heterocycles. The van der Waals surface area contributed by atoms with E-state index >= 15 is 0 Å². The van der Waals surface area contributed by atoms with Crippen molar-refractivity contribution >= 4 is 5.91 Å². The van der Waals surface area contributed by atoms with Gasteiger partial charge in [0, 0.05) is 51.2 Å². The third kappa shape index (κ3) is 3.61. The first kappa shape index (κ1) is 16.3. The van der Waals surface area contributed by atoms with Crippen LogP contribution in [0.2, 0.25) is 0 Å². The van der Waals surface area contributed by atoms with Crippen LogP contribution in [-0.4, -0.2) is 39.8 Å². The predicted octanol–water partition coefficient (Wildman–Crippen LogP) is 2.65. The highest BCUT2D eigenvalue weighted by Gasteiger charge is 2.35. The highest BCUT2D eigenvalue weighted by molar-refractivity contribution is 5.77. The molecule has 1 atom stereocenters. The zero-order chi connectivity index (χ0) is 17.1. The van der Waals surface area contributed by atoms with Crippen molar-refractivity contribution < 1.29 is 9.53 Å². The van der Waals surface area contributed by atoms with Crippen LogP contribution in [0.4, 0.5) is 0 Å². The fourth-order valence-corrected chi connectivity index (χ4v) is 4.13. The second-order valence-corrected chi connectivity index (χ2v) is 7.03. The van der Waals surface area contributed by atoms with E-state index in [1.165, 1.54) is 11.1 Å². The first-order valence-electron chi connectivity index (χ1n) is 9.22. The molecule has 0 radical (unpaired) electrons. The molecule has 1 saturated heterocycles. The Kier molecular flexibility index (Phi) is 4.83. The third-order valence-corrected chi connectivity index (χ3v) is 5.53. The number of nitrogens with zero attached hydrogens (tertiary/aromatic N) is 3. The summed E-state index contributed by atoms with van der Waals surface area (Å²) in [6, 6.07) is 10.7. The highest BCUT2D eigenvalue weighted by Crippen LogP contribution is 2.32. The van der Waals surface area contributed by atoms with E-state index in [9.17, 15) is 4.79 Å². The molecule has 4 rings (SSSR count). The summed E-state index contributed by atoms with van der Waals surface area (Å²) in [7, 11) is 0. The summed E-state index contributed by atoms with van der Waals surface area (Å²) < 4.78 is 7.37. The van der Waals surface area contributed by atoms with Gasteiger partial charge >= 0.3 is 0 Å². The maximum absolute atomic E-state index is 13.0. The predicted molar refractivity (Wildman–Crippen MR) is 94.9 cm³/mol. The van der Waals surface area contributed by atoms with Crippen molar-refractivity contribution in [2.24, 2.45) is 5.92 Å². The monoisotopic (exact) mass is 339 g/mol. The van der Waals surface area contributed by atoms with Crippen LogP contribution in [0.3, 0.4) is 0 Å². The number of amides is 1. The first-order chi connectivity index (χ1) is 12.3. The van der Waals surface area contributed by atoms with E-state index in [-0.39, 0.29) is 5.91 Å². The van der Waals surface area contributed by atoms with E-state index < -0.39 is 0 Å². The molecule has 5 heteroatoms. The van der Waals surface area contributed by atoms with Gasteiger partial charge in [0.1, 0.15) is 0 Å². The number of carbonyl (C=O) groups is 1. The zero-order valence-electron chi connectivity index (χ0n) is 14.5. The van der Waals surface area contributed by atoms with E-state index in [2.05, 4.69) is 34.3 Å². The van der Waals surface area contributed by atoms with Gasteiger partial charge in [-0.2, -0.15) is 5.10 Å². The number of rotatable bonds is 4. The summed E-state index contributed by atoms with van der Waals surface area (Å²) in [5.41, 5.74) is 2.69. The minimum Gasteiger partial charge on any atom is -0.381 e. The van der Waals surface area contributed by atoms with E-state index in [0.29, 0.717) is 24.9 Å². The molecular formula is C20H25N3O2. The molecule has 5 nitrogen and oxygen atoms in total. The topological polar surface area (TPSA) is 47.4 Å². The number of ether oxygens (including phenoxy) is 1. The lowest BCUT2D eigenvalue weighted by molar-refractivity contribution is -0.137. The summed E-state index contributed by atoms with van der Waals surface area (Å²) in [6.07, 6.45) is 7.24. The Morgan fingerprint density at radius 1 is 1.16 bits per heavy atom. The molecule has 0 spiro atoms. The number of aryl methyl sites for hydroxylation is 1. The van der Waals surface area contributed by atoms with Crippen LogP contribution in [0, 0.1) is 5.92 Å². The van der Waals surface area contributed by atoms with Crippen molar-refractivity contribution in [3.05, 3.63) is 53.9 Å². The van der Waals surface area contributed by atoms with Crippen molar-refractivity contribution in [2.45, 2.75) is 44.8 Å². The van der Waals surface area contributed by atoms with Gasteiger partial charge in [-0.3, -0.25) is 9.48 Å². The molecule has 0 saturated carbocycles. The quantitative estimate of drug-likeness (QED) is 0.860. The lowest BCUT2D eigenvalue weighted by Gasteiger charge is -2.42. The molecular weight excluding hydrogens is 314 g/mol. The molecule has 25 heavy (non-hydrogen) atoms. The van der Waals surface area contributed by atoms with Gasteiger partial charge in [-0.05, 0) is 42.4 Å². The van der Waals surface area contributed by atoms with Crippen LogP contribution in [0.15, 0.2) is 42.7 Å². The third-order valence-electron chi connectivity index (χ3n) is 5.53. The second kappa shape index (κ2) is 7.40. The molecule has 2 aliphatic rings. The molecule has 1 fully saturated rings. The number of benzene rings is 1. The molecule has 132 valence electrons. The van der Waals surface area contributed by atoms with Gasteiger partial charge in [0.2, 0.25) is 5.91 Å². The maximum atomic E-state index is 13.0. The Hall–Kier alpha value is -2.14. The first-order valence-corrected chi connectivity index (χ1v) is 9.22. The van der Waals surface area contributed by atoms with Crippen LogP contribution in [-0.2, 0) is 29.0 Å². The van der Waals surface area contributed by atoms with Crippen LogP contribution >= 0.6 is 0 Å². The minimum atomic E-state index is 0.237. The van der Waals surface area contributed by atoms with Crippen LogP contribution < -0.4 is 0 Å². The lowest BCUT2D eigenvalue weighted by atomic mass is 9.82. The van der Waals surface area contributed by atoms with Crippen molar-refractivity contribution in [2.75, 3.05) is 13.2 Å². The van der Waals surface area contributed by atoms with E-state index in [1.807, 2.05) is 16.9 Å². The van der Waals surface area contributed by atoms with E-state index in [4.69, 9.17) is 4.74 Å². The van der Waals surface area contributed by atoms with E-state index in [0.717, 1.165) is 39.0 Å². The van der Waals surface area contributed by atoms with Gasteiger partial charge < -0.3 is 9.64 Å². The van der Waals surface area contributed by atoms with Crippen molar-refractivity contribution in [1.29, 1.82) is 0 Å². The average molecular weight is 339 g/mol. The summed E-state index contributed by atoms with van der Waals surface area (Å²) in [4.78, 5) is 15.1. The minimum absolute atomic E-state index is 0.237. The number of hydrogen-bond donors (Lipinski definition) is 0. The smallest absolute Gasteiger partial charge is 0.225 e. The summed E-state index contributed by atoms with van der Waals surface area (Å²) in [6.45, 7) is 3.01. The summed E-state index contributed by atoms with van der Waals surface area (Å²) >= 11 is 0. The normalized spacial score (nSPS) is 21.1. The van der Waals surface area contributed by atoms with Crippen LogP contribution in [0.1, 0.15) is 30.4 Å². The molecule has 0 aliphatic carbocycles. The fraction of sp³-hybridized carbons (Fsp3) is 0.500. The Balaban J connectivity index is 1.52. The summed E-state index contributed by atoms with van der Waals surface area (Å²) in [5.74, 6) is 0.775. The van der Waals surface area contributed by atoms with Gasteiger partial charge in [-0.15, -0.1) is 0 Å². The fourth-order valence-electron chi connectivity index (χ4n) is 4.13. The molecule has 1 aromatic heterocycles. The molecule has 0 unspecified atom stereocenters. The molecule has 1 aromatic carbocycles. The number of hydrogen-bond acceptors (Lipinski definition) is 3.